The van der Waals surface area contributed by atoms with Crippen LogP contribution in [0.5, 0.6) is 5.75 Å². The lowest BCUT2D eigenvalue weighted by Gasteiger charge is -2.34. The fraction of sp³-hybridized carbons (Fsp3) is 0.615. The van der Waals surface area contributed by atoms with E-state index in [1.807, 2.05) is 6.92 Å². The van der Waals surface area contributed by atoms with E-state index in [1.54, 1.807) is 45.9 Å². The van der Waals surface area contributed by atoms with Crippen molar-refractivity contribution < 1.29 is 33.8 Å². The summed E-state index contributed by atoms with van der Waals surface area (Å²) in [6.45, 7) is 9.22. The Balaban J connectivity index is 3.32. The zero-order chi connectivity index (χ0) is 28.0. The second-order valence-corrected chi connectivity index (χ2v) is 9.79. The number of hydrogen-bond acceptors (Lipinski definition) is 8. The number of unbranched alkanes of at least 4 members (excludes halogenated alkanes) is 2. The van der Waals surface area contributed by atoms with Crippen LogP contribution < -0.4 is 10.6 Å². The Bertz CT molecular complexity index is 904. The lowest BCUT2D eigenvalue weighted by Crippen LogP contribution is -2.54. The highest BCUT2D eigenvalue weighted by Gasteiger charge is 2.36. The summed E-state index contributed by atoms with van der Waals surface area (Å²) in [6.07, 6.45) is 1.43. The number of thiol groups is 1. The van der Waals surface area contributed by atoms with Gasteiger partial charge >= 0.3 is 12.1 Å². The predicted octanol–water partition coefficient (Wildman–Crippen LogP) is 3.34. The van der Waals surface area contributed by atoms with E-state index in [1.165, 1.54) is 11.0 Å². The minimum Gasteiger partial charge on any atom is -0.508 e. The van der Waals surface area contributed by atoms with Crippen molar-refractivity contribution in [2.24, 2.45) is 0 Å². The van der Waals surface area contributed by atoms with Crippen molar-refractivity contribution >= 4 is 36.5 Å². The summed E-state index contributed by atoms with van der Waals surface area (Å²) in [6, 6.07) is 3.95. The van der Waals surface area contributed by atoms with Crippen LogP contribution >= 0.6 is 12.6 Å². The minimum absolute atomic E-state index is 0.00902. The van der Waals surface area contributed by atoms with Crippen LogP contribution in [-0.4, -0.2) is 71.0 Å². The van der Waals surface area contributed by atoms with Gasteiger partial charge in [0, 0.05) is 24.4 Å². The van der Waals surface area contributed by atoms with Crippen molar-refractivity contribution in [3.8, 4) is 5.75 Å². The Morgan fingerprint density at radius 3 is 2.35 bits per heavy atom. The first kappa shape index (κ1) is 32.1. The Kier molecular flexibility index (Phi) is 13.9. The van der Waals surface area contributed by atoms with Gasteiger partial charge in [-0.25, -0.2) is 4.79 Å². The third kappa shape index (κ3) is 11.3. The maximum atomic E-state index is 13.7. The number of benzene rings is 1. The molecule has 2 atom stereocenters. The molecule has 0 aliphatic carbocycles. The van der Waals surface area contributed by atoms with Gasteiger partial charge in [0.15, 0.2) is 0 Å². The largest absolute Gasteiger partial charge is 0.508 e. The van der Waals surface area contributed by atoms with Gasteiger partial charge in [0.2, 0.25) is 11.8 Å². The summed E-state index contributed by atoms with van der Waals surface area (Å²) in [5.74, 6) is -1.80. The van der Waals surface area contributed by atoms with Crippen LogP contribution in [0.3, 0.4) is 0 Å². The predicted molar refractivity (Wildman–Crippen MR) is 143 cm³/mol. The maximum Gasteiger partial charge on any atom is 0.408 e. The van der Waals surface area contributed by atoms with Gasteiger partial charge in [0.05, 0.1) is 13.0 Å². The molecule has 11 heteroatoms. The topological polar surface area (TPSA) is 134 Å². The third-order valence-electron chi connectivity index (χ3n) is 5.18. The second-order valence-electron chi connectivity index (χ2n) is 9.43. The molecule has 0 saturated heterocycles. The van der Waals surface area contributed by atoms with Gasteiger partial charge in [-0.3, -0.25) is 14.4 Å². The van der Waals surface area contributed by atoms with E-state index in [2.05, 4.69) is 23.3 Å². The molecule has 0 fully saturated rings. The number of esters is 1. The van der Waals surface area contributed by atoms with Gasteiger partial charge in [-0.2, -0.15) is 12.6 Å². The van der Waals surface area contributed by atoms with Gasteiger partial charge in [0.1, 0.15) is 23.4 Å². The van der Waals surface area contributed by atoms with E-state index < -0.39 is 41.6 Å². The smallest absolute Gasteiger partial charge is 0.408 e. The lowest BCUT2D eigenvalue weighted by molar-refractivity contribution is -0.144. The first-order chi connectivity index (χ1) is 17.4. The molecule has 1 aromatic rings. The van der Waals surface area contributed by atoms with Gasteiger partial charge in [0.25, 0.3) is 0 Å². The van der Waals surface area contributed by atoms with Gasteiger partial charge in [-0.15, -0.1) is 0 Å². The number of nitrogens with zero attached hydrogens (tertiary/aromatic N) is 1. The number of rotatable bonds is 14. The summed E-state index contributed by atoms with van der Waals surface area (Å²) in [7, 11) is 0. The number of phenols is 1. The number of alkyl carbamates (subject to hydrolysis) is 1. The van der Waals surface area contributed by atoms with Gasteiger partial charge in [-0.05, 0) is 40.2 Å². The molecule has 3 amide bonds. The number of carbonyl (C=O) groups is 4. The number of amides is 3. The van der Waals surface area contributed by atoms with Crippen LogP contribution in [0.2, 0.25) is 0 Å². The average molecular weight is 540 g/mol. The van der Waals surface area contributed by atoms with Crippen LogP contribution in [0, 0.1) is 0 Å². The highest BCUT2D eigenvalue weighted by atomic mass is 32.1. The Morgan fingerprint density at radius 2 is 1.78 bits per heavy atom. The molecule has 2 unspecified atom stereocenters. The number of carbonyl (C=O) groups excluding carboxylic acids is 4. The van der Waals surface area contributed by atoms with Crippen molar-refractivity contribution in [1.29, 1.82) is 0 Å². The molecule has 3 N–H and O–H groups in total. The summed E-state index contributed by atoms with van der Waals surface area (Å²) < 4.78 is 10.2. The third-order valence-corrected chi connectivity index (χ3v) is 5.55. The maximum absolute atomic E-state index is 13.7. The molecule has 0 aliphatic heterocycles. The van der Waals surface area contributed by atoms with E-state index in [0.717, 1.165) is 12.8 Å². The lowest BCUT2D eigenvalue weighted by atomic mass is 10.0. The van der Waals surface area contributed by atoms with Gasteiger partial charge < -0.3 is 30.1 Å². The van der Waals surface area contributed by atoms with E-state index in [9.17, 15) is 24.3 Å². The first-order valence-corrected chi connectivity index (χ1v) is 13.2. The fourth-order valence-corrected chi connectivity index (χ4v) is 3.77. The molecule has 0 aliphatic rings. The monoisotopic (exact) mass is 539 g/mol. The molecule has 10 nitrogen and oxygen atoms in total. The second kappa shape index (κ2) is 16.0. The molecule has 37 heavy (non-hydrogen) atoms. The van der Waals surface area contributed by atoms with Crippen molar-refractivity contribution in [2.45, 2.75) is 78.0 Å². The minimum atomic E-state index is -1.21. The molecule has 0 spiro atoms. The zero-order valence-corrected chi connectivity index (χ0v) is 23.3. The van der Waals surface area contributed by atoms with E-state index in [4.69, 9.17) is 9.47 Å². The van der Waals surface area contributed by atoms with Crippen LogP contribution in [0.25, 0.3) is 0 Å². The Morgan fingerprint density at radius 1 is 1.11 bits per heavy atom. The molecule has 1 rings (SSSR count). The molecule has 208 valence electrons. The number of para-hydroxylation sites is 1. The van der Waals surface area contributed by atoms with Crippen molar-refractivity contribution in [2.75, 3.05) is 25.4 Å². The summed E-state index contributed by atoms with van der Waals surface area (Å²) >= 11 is 4.25. The van der Waals surface area contributed by atoms with E-state index in [-0.39, 0.29) is 43.2 Å². The molecular weight excluding hydrogens is 498 g/mol. The van der Waals surface area contributed by atoms with Crippen LogP contribution in [0.1, 0.15) is 71.9 Å². The Hall–Kier alpha value is -2.95. The molecule has 0 heterocycles. The Labute approximate surface area is 224 Å². The van der Waals surface area contributed by atoms with E-state index >= 15 is 0 Å². The van der Waals surface area contributed by atoms with Crippen molar-refractivity contribution in [3.05, 3.63) is 29.8 Å². The van der Waals surface area contributed by atoms with Crippen LogP contribution in [-0.2, 0) is 23.9 Å². The SMILES string of the molecule is CCCCCN(C(=O)C(CS)NC(=O)OC(C)(C)C)C(C(=O)NCCC(=O)OCC)c1ccccc1O. The van der Waals surface area contributed by atoms with Crippen molar-refractivity contribution in [3.63, 3.8) is 0 Å². The van der Waals surface area contributed by atoms with E-state index in [0.29, 0.717) is 6.42 Å². The number of phenolic OH excluding ortho intramolecular Hbond substituents is 1. The summed E-state index contributed by atoms with van der Waals surface area (Å²) in [4.78, 5) is 52.6. The summed E-state index contributed by atoms with van der Waals surface area (Å²) in [5.41, 5.74) is -0.553. The zero-order valence-electron chi connectivity index (χ0n) is 22.4. The molecule has 0 aromatic heterocycles. The fourth-order valence-electron chi connectivity index (χ4n) is 3.52. The molecule has 0 saturated carbocycles. The highest BCUT2D eigenvalue weighted by Crippen LogP contribution is 2.30. The molecule has 0 radical (unpaired) electrons. The number of aromatic hydroxyl groups is 1. The number of hydrogen-bond donors (Lipinski definition) is 4. The summed E-state index contributed by atoms with van der Waals surface area (Å²) in [5, 5.41) is 15.8. The van der Waals surface area contributed by atoms with Crippen molar-refractivity contribution in [1.82, 2.24) is 15.5 Å². The number of nitrogens with one attached hydrogen (secondary N) is 2. The van der Waals surface area contributed by atoms with Crippen LogP contribution in [0.15, 0.2) is 24.3 Å². The normalized spacial score (nSPS) is 12.7. The van der Waals surface area contributed by atoms with Crippen LogP contribution in [0.4, 0.5) is 4.79 Å². The number of ether oxygens (including phenoxy) is 2. The standard InChI is InChI=1S/C26H41N3O7S/c1-6-8-11-16-29(24(33)19(17-37)28-25(34)36-26(3,4)5)22(18-12-9-10-13-20(18)30)23(32)27-15-14-21(31)35-7-2/h9-10,12-13,19,22,30,37H,6-8,11,14-17H2,1-5H3,(H,27,32)(H,28,34). The molecular formula is C26H41N3O7S. The first-order valence-electron chi connectivity index (χ1n) is 12.6. The quantitative estimate of drug-likeness (QED) is 0.162. The van der Waals surface area contributed by atoms with Gasteiger partial charge in [-0.1, -0.05) is 38.0 Å². The average Bonchev–Trinajstić information content (AvgIpc) is 2.81. The molecule has 1 aromatic carbocycles. The highest BCUT2D eigenvalue weighted by molar-refractivity contribution is 7.80. The molecule has 0 bridgehead atoms.